The zero-order valence-corrected chi connectivity index (χ0v) is 16.4. The van der Waals surface area contributed by atoms with E-state index in [2.05, 4.69) is 133 Å². The minimum Gasteiger partial charge on any atom is -0.338 e. The second-order valence-electron chi connectivity index (χ2n) is 7.03. The Balaban J connectivity index is 0.000000552. The molecular formula is C25H26BN3. The van der Waals surface area contributed by atoms with Crippen molar-refractivity contribution in [3.63, 3.8) is 0 Å². The molecule has 4 aromatic rings. The second kappa shape index (κ2) is 9.53. The number of guanidine groups is 1. The largest absolute Gasteiger partial charge is 0.338 e. The first kappa shape index (κ1) is 20.1. The van der Waals surface area contributed by atoms with E-state index in [1.54, 1.807) is 0 Å². The molecule has 29 heavy (non-hydrogen) atoms. The summed E-state index contributed by atoms with van der Waals surface area (Å²) in [5, 5.41) is 6.17. The number of hydrogen-bond donors (Lipinski definition) is 3. The number of benzene rings is 4. The van der Waals surface area contributed by atoms with Gasteiger partial charge in [0, 0.05) is 0 Å². The van der Waals surface area contributed by atoms with Gasteiger partial charge in [-0.2, -0.15) is 21.9 Å². The molecule has 0 saturated carbocycles. The first-order valence-electron chi connectivity index (χ1n) is 9.69. The summed E-state index contributed by atoms with van der Waals surface area (Å²) in [6, 6.07) is 43.5. The molecule has 0 aromatic heterocycles. The van der Waals surface area contributed by atoms with Gasteiger partial charge in [0.25, 0.3) is 5.96 Å². The normalized spacial score (nSPS) is 10.5. The van der Waals surface area contributed by atoms with Crippen molar-refractivity contribution in [3.05, 3.63) is 121 Å². The van der Waals surface area contributed by atoms with Crippen LogP contribution >= 0.6 is 0 Å². The Morgan fingerprint density at radius 3 is 0.862 bits per heavy atom. The third-order valence-electron chi connectivity index (χ3n) is 5.20. The van der Waals surface area contributed by atoms with E-state index >= 15 is 0 Å². The molecule has 0 radical (unpaired) electrons. The van der Waals surface area contributed by atoms with Gasteiger partial charge in [0.15, 0.2) is 0 Å². The van der Waals surface area contributed by atoms with Gasteiger partial charge < -0.3 is 5.73 Å². The zero-order chi connectivity index (χ0) is 20.5. The average molecular weight is 379 g/mol. The van der Waals surface area contributed by atoms with Gasteiger partial charge in [-0.15, -0.1) is 0 Å². The van der Waals surface area contributed by atoms with Crippen LogP contribution in [0.25, 0.3) is 0 Å². The maximum atomic E-state index is 6.17. The molecule has 0 heterocycles. The van der Waals surface area contributed by atoms with E-state index in [0.29, 0.717) is 0 Å². The highest BCUT2D eigenvalue weighted by Crippen LogP contribution is 2.09. The van der Waals surface area contributed by atoms with Gasteiger partial charge in [-0.05, 0) is 0 Å². The summed E-state index contributed by atoms with van der Waals surface area (Å²) < 4.78 is 0. The van der Waals surface area contributed by atoms with Crippen molar-refractivity contribution in [1.82, 2.24) is 0 Å². The molecule has 0 atom stereocenters. The molecule has 0 unspecified atom stereocenters. The van der Waals surface area contributed by atoms with Crippen LogP contribution in [0.1, 0.15) is 0 Å². The van der Waals surface area contributed by atoms with Gasteiger partial charge >= 0.3 is 0 Å². The smallest absolute Gasteiger partial charge is 0.287 e. The lowest BCUT2D eigenvalue weighted by Gasteiger charge is -2.44. The van der Waals surface area contributed by atoms with Gasteiger partial charge in [0.05, 0.1) is 0 Å². The van der Waals surface area contributed by atoms with Crippen LogP contribution in [0.3, 0.4) is 0 Å². The molecule has 0 aliphatic heterocycles. The number of quaternary nitrogens is 1. The van der Waals surface area contributed by atoms with Crippen molar-refractivity contribution in [3.8, 4) is 0 Å². The number of nitrogens with two attached hydrogens (primary N) is 1. The lowest BCUT2D eigenvalue weighted by molar-refractivity contribution is -0.219. The SMILES string of the molecule is N=C(N)[NH3+].c1ccc([B-](c2ccccc2)(c2ccccc2)c2ccccc2)cc1. The highest BCUT2D eigenvalue weighted by molar-refractivity contribution is 7.19. The molecule has 0 fully saturated rings. The highest BCUT2D eigenvalue weighted by Gasteiger charge is 2.30. The van der Waals surface area contributed by atoms with Crippen molar-refractivity contribution in [2.75, 3.05) is 0 Å². The van der Waals surface area contributed by atoms with Crippen LogP contribution in [0.15, 0.2) is 121 Å². The van der Waals surface area contributed by atoms with Gasteiger partial charge in [-0.1, -0.05) is 121 Å². The maximum absolute atomic E-state index is 6.17. The number of rotatable bonds is 4. The topological polar surface area (TPSA) is 77.5 Å². The van der Waals surface area contributed by atoms with Gasteiger partial charge in [0.2, 0.25) is 0 Å². The Bertz CT molecular complexity index is 853. The summed E-state index contributed by atoms with van der Waals surface area (Å²) in [5.74, 6) is -0.0833. The monoisotopic (exact) mass is 379 g/mol. The van der Waals surface area contributed by atoms with Crippen molar-refractivity contribution < 1.29 is 5.73 Å². The van der Waals surface area contributed by atoms with Crippen LogP contribution < -0.4 is 33.3 Å². The average Bonchev–Trinajstić information content (AvgIpc) is 2.77. The minimum atomic E-state index is -1.22. The first-order valence-corrected chi connectivity index (χ1v) is 9.69. The summed E-state index contributed by atoms with van der Waals surface area (Å²) in [4.78, 5) is 0. The lowest BCUT2D eigenvalue weighted by atomic mass is 9.13. The maximum Gasteiger partial charge on any atom is 0.287 e. The van der Waals surface area contributed by atoms with Crippen LogP contribution in [0.4, 0.5) is 0 Å². The molecule has 4 rings (SSSR count). The molecule has 0 bridgehead atoms. The summed E-state index contributed by atoms with van der Waals surface area (Å²) in [6.45, 7) is 0. The fourth-order valence-corrected chi connectivity index (χ4v) is 4.12. The van der Waals surface area contributed by atoms with E-state index in [1.807, 2.05) is 0 Å². The standard InChI is InChI=1S/C24H20B.CH5N3/c1-5-13-21(14-6-1)25(22-15-7-2-8-16-22,23-17-9-3-10-18-23)24-19-11-4-12-20-24;2-1(3)4/h1-20H;(H5,2,3,4)/q-1;/p+1. The molecule has 0 aliphatic carbocycles. The van der Waals surface area contributed by atoms with E-state index in [0.717, 1.165) is 0 Å². The Labute approximate surface area is 172 Å². The van der Waals surface area contributed by atoms with Gasteiger partial charge in [-0.3, -0.25) is 5.73 Å². The molecule has 0 spiro atoms. The van der Waals surface area contributed by atoms with Crippen molar-refractivity contribution in [1.29, 1.82) is 5.41 Å². The molecule has 4 heteroatoms. The van der Waals surface area contributed by atoms with Crippen LogP contribution in [-0.4, -0.2) is 12.1 Å². The predicted molar refractivity (Wildman–Crippen MR) is 125 cm³/mol. The fraction of sp³-hybridized carbons (Fsp3) is 0. The molecule has 4 aromatic carbocycles. The third-order valence-corrected chi connectivity index (χ3v) is 5.20. The van der Waals surface area contributed by atoms with Crippen molar-refractivity contribution >= 4 is 34.0 Å². The minimum absolute atomic E-state index is 0.0833. The Kier molecular flexibility index (Phi) is 6.61. The Morgan fingerprint density at radius 2 is 0.690 bits per heavy atom. The molecule has 6 N–H and O–H groups in total. The molecule has 0 amide bonds. The van der Waals surface area contributed by atoms with Crippen LogP contribution in [0.2, 0.25) is 0 Å². The van der Waals surface area contributed by atoms with E-state index in [-0.39, 0.29) is 5.96 Å². The Morgan fingerprint density at radius 1 is 0.517 bits per heavy atom. The van der Waals surface area contributed by atoms with Gasteiger partial charge in [-0.25, -0.2) is 5.41 Å². The number of hydrogen-bond acceptors (Lipinski definition) is 1. The molecule has 0 aliphatic rings. The highest BCUT2D eigenvalue weighted by atomic mass is 14.9. The van der Waals surface area contributed by atoms with Gasteiger partial charge in [0.1, 0.15) is 6.15 Å². The van der Waals surface area contributed by atoms with Crippen molar-refractivity contribution in [2.24, 2.45) is 5.73 Å². The second-order valence-corrected chi connectivity index (χ2v) is 7.03. The summed E-state index contributed by atoms with van der Waals surface area (Å²) in [6.07, 6.45) is -1.22. The summed E-state index contributed by atoms with van der Waals surface area (Å²) >= 11 is 0. The van der Waals surface area contributed by atoms with Crippen LogP contribution in [-0.2, 0) is 0 Å². The quantitative estimate of drug-likeness (QED) is 0.278. The van der Waals surface area contributed by atoms with E-state index in [1.165, 1.54) is 21.9 Å². The van der Waals surface area contributed by atoms with Crippen LogP contribution in [0.5, 0.6) is 0 Å². The fourth-order valence-electron chi connectivity index (χ4n) is 4.12. The van der Waals surface area contributed by atoms with E-state index in [9.17, 15) is 0 Å². The van der Waals surface area contributed by atoms with Crippen molar-refractivity contribution in [2.45, 2.75) is 0 Å². The predicted octanol–water partition coefficient (Wildman–Crippen LogP) is 1.19. The van der Waals surface area contributed by atoms with E-state index in [4.69, 9.17) is 5.41 Å². The molecular weight excluding hydrogens is 353 g/mol. The van der Waals surface area contributed by atoms with E-state index < -0.39 is 6.15 Å². The first-order chi connectivity index (χ1) is 14.2. The molecule has 0 saturated heterocycles. The van der Waals surface area contributed by atoms with Crippen LogP contribution in [0, 0.1) is 5.41 Å². The molecule has 3 nitrogen and oxygen atoms in total. The molecule has 144 valence electrons. The zero-order valence-electron chi connectivity index (χ0n) is 16.4. The lowest BCUT2D eigenvalue weighted by Crippen LogP contribution is -2.74. The summed E-state index contributed by atoms with van der Waals surface area (Å²) in [7, 11) is 0. The third kappa shape index (κ3) is 4.45. The number of nitrogens with one attached hydrogen (secondary N) is 1. The Hall–Kier alpha value is -3.63. The summed E-state index contributed by atoms with van der Waals surface area (Å²) in [5.41, 5.74) is 12.9.